The molecule has 1 aromatic carbocycles. The molecule has 1 N–H and O–H groups in total. The Balaban J connectivity index is 2.03. The third kappa shape index (κ3) is 3.57. The number of amides is 1. The summed E-state index contributed by atoms with van der Waals surface area (Å²) in [5, 5.41) is 4.74. The van der Waals surface area contributed by atoms with Gasteiger partial charge in [-0.2, -0.15) is 5.10 Å². The molecular formula is C17H18F2N4O3S. The van der Waals surface area contributed by atoms with E-state index in [4.69, 9.17) is 0 Å². The number of anilines is 1. The number of halogens is 2. The van der Waals surface area contributed by atoms with Gasteiger partial charge >= 0.3 is 0 Å². The first-order chi connectivity index (χ1) is 12.5. The number of hydrogen-bond donors (Lipinski definition) is 1. The van der Waals surface area contributed by atoms with Crippen LogP contribution in [0.4, 0.5) is 14.6 Å². The molecule has 1 aliphatic heterocycles. The van der Waals surface area contributed by atoms with Gasteiger partial charge in [0.1, 0.15) is 17.3 Å². The molecule has 3 rings (SSSR count). The lowest BCUT2D eigenvalue weighted by atomic mass is 9.88. The maximum atomic E-state index is 14.3. The van der Waals surface area contributed by atoms with Crippen molar-refractivity contribution in [2.24, 2.45) is 0 Å². The average molecular weight is 396 g/mol. The molecule has 7 nitrogen and oxygen atoms in total. The van der Waals surface area contributed by atoms with Gasteiger partial charge in [0.15, 0.2) is 5.69 Å². The Hall–Kier alpha value is -2.75. The molecule has 0 spiro atoms. The number of nitrogens with one attached hydrogen (secondary N) is 1. The molecule has 10 heteroatoms. The second-order valence-corrected chi connectivity index (χ2v) is 8.13. The van der Waals surface area contributed by atoms with Gasteiger partial charge in [0, 0.05) is 11.5 Å². The zero-order chi connectivity index (χ0) is 20.0. The fraction of sp³-hybridized carbons (Fsp3) is 0.294. The Bertz CT molecular complexity index is 1000. The normalized spacial score (nSPS) is 22.2. The molecule has 2 aromatic rings. The van der Waals surface area contributed by atoms with E-state index in [1.807, 2.05) is 4.72 Å². The molecule has 0 unspecified atom stereocenters. The van der Waals surface area contributed by atoms with Crippen molar-refractivity contribution < 1.29 is 22.0 Å². The number of nitrogens with zero attached hydrogens (tertiary/aromatic N) is 3. The van der Waals surface area contributed by atoms with Crippen LogP contribution in [0.2, 0.25) is 0 Å². The third-order valence-electron chi connectivity index (χ3n) is 4.56. The maximum Gasteiger partial charge on any atom is 0.285 e. The van der Waals surface area contributed by atoms with Crippen LogP contribution in [-0.4, -0.2) is 42.4 Å². The molecule has 0 radical (unpaired) electrons. The number of benzene rings is 1. The van der Waals surface area contributed by atoms with Gasteiger partial charge in [-0.15, -0.1) is 0 Å². The molecule has 1 amide bonds. The van der Waals surface area contributed by atoms with E-state index in [2.05, 4.69) is 11.7 Å². The van der Waals surface area contributed by atoms with Crippen LogP contribution in [0.1, 0.15) is 24.3 Å². The van der Waals surface area contributed by atoms with Crippen LogP contribution in [0.5, 0.6) is 0 Å². The third-order valence-corrected chi connectivity index (χ3v) is 5.47. The summed E-state index contributed by atoms with van der Waals surface area (Å²) in [5.41, 5.74) is -1.15. The van der Waals surface area contributed by atoms with Gasteiger partial charge in [-0.05, 0) is 38.1 Å². The molecule has 0 saturated carbocycles. The summed E-state index contributed by atoms with van der Waals surface area (Å²) in [4.78, 5) is 13.9. The van der Waals surface area contributed by atoms with Gasteiger partial charge in [0.05, 0.1) is 18.3 Å². The first-order valence-corrected chi connectivity index (χ1v) is 9.60. The zero-order valence-electron chi connectivity index (χ0n) is 14.7. The maximum absolute atomic E-state index is 14.3. The summed E-state index contributed by atoms with van der Waals surface area (Å²) in [7, 11) is -3.99. The molecular weight excluding hydrogens is 378 g/mol. The van der Waals surface area contributed by atoms with E-state index in [0.29, 0.717) is 16.9 Å². The van der Waals surface area contributed by atoms with Gasteiger partial charge in [-0.3, -0.25) is 4.79 Å². The van der Waals surface area contributed by atoms with Crippen LogP contribution in [0.3, 0.4) is 0 Å². The highest BCUT2D eigenvalue weighted by Crippen LogP contribution is 2.38. The van der Waals surface area contributed by atoms with Gasteiger partial charge in [0.25, 0.3) is 15.9 Å². The molecule has 1 aromatic heterocycles. The molecule has 27 heavy (non-hydrogen) atoms. The van der Waals surface area contributed by atoms with Crippen LogP contribution in [0.25, 0.3) is 5.69 Å². The van der Waals surface area contributed by atoms with E-state index >= 15 is 0 Å². The number of carbonyl (C=O) groups is 1. The zero-order valence-corrected chi connectivity index (χ0v) is 15.5. The van der Waals surface area contributed by atoms with Crippen molar-refractivity contribution in [2.45, 2.75) is 25.6 Å². The van der Waals surface area contributed by atoms with Crippen molar-refractivity contribution in [1.29, 1.82) is 0 Å². The summed E-state index contributed by atoms with van der Waals surface area (Å²) in [6, 6.07) is 6.23. The molecule has 1 saturated heterocycles. The fourth-order valence-corrected chi connectivity index (χ4v) is 3.22. The average Bonchev–Trinajstić information content (AvgIpc) is 3.05. The fourth-order valence-electron chi connectivity index (χ4n) is 2.78. The highest BCUT2D eigenvalue weighted by molar-refractivity contribution is 7.92. The quantitative estimate of drug-likeness (QED) is 0.837. The van der Waals surface area contributed by atoms with Crippen LogP contribution in [-0.2, 0) is 10.0 Å². The van der Waals surface area contributed by atoms with Crippen molar-refractivity contribution in [3.63, 3.8) is 0 Å². The molecule has 1 fully saturated rings. The molecule has 2 heterocycles. The topological polar surface area (TPSA) is 84.3 Å². The number of aromatic nitrogens is 2. The second-order valence-electron chi connectivity index (χ2n) is 6.50. The summed E-state index contributed by atoms with van der Waals surface area (Å²) in [5.74, 6) is -1.00. The van der Waals surface area contributed by atoms with E-state index in [0.717, 1.165) is 0 Å². The number of carbonyl (C=O) groups excluding carboxylic acids is 1. The largest absolute Gasteiger partial charge is 0.347 e. The van der Waals surface area contributed by atoms with Crippen LogP contribution < -0.4 is 9.62 Å². The van der Waals surface area contributed by atoms with E-state index in [9.17, 15) is 22.0 Å². The summed E-state index contributed by atoms with van der Waals surface area (Å²) in [6.45, 7) is 6.35. The van der Waals surface area contributed by atoms with Gasteiger partial charge in [0.2, 0.25) is 0 Å². The SMILES string of the molecule is C=CS(=O)(=O)NC(=O)c1cc(N2C[C@@](C)(F)[C@H]2C)n(-c2ccc(F)cc2)n1. The van der Waals surface area contributed by atoms with Crippen LogP contribution in [0, 0.1) is 5.82 Å². The van der Waals surface area contributed by atoms with Crippen molar-refractivity contribution >= 4 is 21.7 Å². The Morgan fingerprint density at radius 2 is 2.04 bits per heavy atom. The first-order valence-electron chi connectivity index (χ1n) is 8.05. The van der Waals surface area contributed by atoms with Crippen LogP contribution in [0.15, 0.2) is 42.3 Å². The highest BCUT2D eigenvalue weighted by Gasteiger charge is 2.48. The van der Waals surface area contributed by atoms with Crippen molar-refractivity contribution in [2.75, 3.05) is 11.4 Å². The summed E-state index contributed by atoms with van der Waals surface area (Å²) in [6.07, 6.45) is 0. The van der Waals surface area contributed by atoms with E-state index in [-0.39, 0.29) is 12.2 Å². The summed E-state index contributed by atoms with van der Waals surface area (Å²) < 4.78 is 53.7. The minimum atomic E-state index is -3.99. The van der Waals surface area contributed by atoms with Crippen LogP contribution >= 0.6 is 0 Å². The Labute approximate surface area is 155 Å². The molecule has 1 aliphatic rings. The Morgan fingerprint density at radius 3 is 2.56 bits per heavy atom. The minimum Gasteiger partial charge on any atom is -0.347 e. The molecule has 144 valence electrons. The lowest BCUT2D eigenvalue weighted by Gasteiger charge is -2.50. The smallest absolute Gasteiger partial charge is 0.285 e. The predicted molar refractivity (Wildman–Crippen MR) is 96.4 cm³/mol. The highest BCUT2D eigenvalue weighted by atomic mass is 32.2. The van der Waals surface area contributed by atoms with Crippen molar-refractivity contribution in [3.05, 3.63) is 53.8 Å². The van der Waals surface area contributed by atoms with E-state index < -0.39 is 33.5 Å². The molecule has 2 atom stereocenters. The summed E-state index contributed by atoms with van der Waals surface area (Å²) >= 11 is 0. The predicted octanol–water partition coefficient (Wildman–Crippen LogP) is 2.15. The van der Waals surface area contributed by atoms with Crippen molar-refractivity contribution in [3.8, 4) is 5.69 Å². The molecule has 0 aliphatic carbocycles. The van der Waals surface area contributed by atoms with Gasteiger partial charge in [-0.25, -0.2) is 26.6 Å². The lowest BCUT2D eigenvalue weighted by Crippen LogP contribution is -2.65. The molecule has 0 bridgehead atoms. The van der Waals surface area contributed by atoms with Gasteiger partial charge in [-0.1, -0.05) is 6.58 Å². The Morgan fingerprint density at radius 1 is 1.41 bits per heavy atom. The minimum absolute atomic E-state index is 0.0765. The standard InChI is InChI=1S/C17H18F2N4O3S/c1-4-27(25,26)21-16(24)14-9-15(22-10-17(3,19)11(22)2)23(20-14)13-7-5-12(18)6-8-13/h4-9,11H,1,10H2,2-3H3,(H,21,24)/t11-,17-/m1/s1. The second kappa shape index (κ2) is 6.45. The Kier molecular flexibility index (Phi) is 4.54. The number of hydrogen-bond acceptors (Lipinski definition) is 5. The first kappa shape index (κ1) is 19.0. The van der Waals surface area contributed by atoms with E-state index in [1.165, 1.54) is 41.9 Å². The van der Waals surface area contributed by atoms with Crippen molar-refractivity contribution in [1.82, 2.24) is 14.5 Å². The van der Waals surface area contributed by atoms with Gasteiger partial charge < -0.3 is 4.90 Å². The monoisotopic (exact) mass is 396 g/mol. The lowest BCUT2D eigenvalue weighted by molar-refractivity contribution is 0.0901. The van der Waals surface area contributed by atoms with E-state index in [1.54, 1.807) is 11.8 Å². The number of rotatable bonds is 5. The number of sulfonamides is 1. The number of alkyl halides is 1.